The molecule has 4 rings (SSSR count). The van der Waals surface area contributed by atoms with Crippen molar-refractivity contribution in [2.24, 2.45) is 14.1 Å². The first-order valence-corrected chi connectivity index (χ1v) is 11.1. The number of imidazole rings is 1. The van der Waals surface area contributed by atoms with Gasteiger partial charge in [-0.15, -0.1) is 0 Å². The minimum Gasteiger partial charge on any atom is -0.351 e. The molecule has 0 aliphatic carbocycles. The van der Waals surface area contributed by atoms with E-state index in [0.717, 1.165) is 55.4 Å². The van der Waals surface area contributed by atoms with Crippen LogP contribution in [0.4, 0.5) is 17.3 Å². The fourth-order valence-corrected chi connectivity index (χ4v) is 5.05. The third-order valence-electron chi connectivity index (χ3n) is 5.89. The fourth-order valence-electron chi connectivity index (χ4n) is 4.63. The minimum absolute atomic E-state index is 0.799. The number of nitrogens with zero attached hydrogens (tertiary/aromatic N) is 6. The van der Waals surface area contributed by atoms with Gasteiger partial charge in [0.15, 0.2) is 5.82 Å². The van der Waals surface area contributed by atoms with Gasteiger partial charge in [0.05, 0.1) is 29.3 Å². The standard InChI is InChI=1S/C23H31ClN6/c1-6-9-29(14-18-13-25-15-27(18)4)23-19-8-7-10-30(22(19)26-28(23)5)21-17(3)11-16(2)12-20(21)24/h11-13,15H,6-10,14H2,1-5H3. The molecule has 0 atom stereocenters. The largest absolute Gasteiger partial charge is 0.351 e. The maximum atomic E-state index is 6.71. The molecule has 6 nitrogen and oxygen atoms in total. The van der Waals surface area contributed by atoms with Gasteiger partial charge in [0.1, 0.15) is 5.82 Å². The van der Waals surface area contributed by atoms with Crippen LogP contribution in [0.5, 0.6) is 0 Å². The lowest BCUT2D eigenvalue weighted by molar-refractivity contribution is 0.667. The molecule has 0 fully saturated rings. The number of fused-ring (bicyclic) bond motifs is 1. The number of benzene rings is 1. The summed E-state index contributed by atoms with van der Waals surface area (Å²) < 4.78 is 4.14. The molecule has 30 heavy (non-hydrogen) atoms. The molecule has 1 aliphatic heterocycles. The number of halogens is 1. The predicted molar refractivity (Wildman–Crippen MR) is 124 cm³/mol. The second-order valence-electron chi connectivity index (χ2n) is 8.33. The summed E-state index contributed by atoms with van der Waals surface area (Å²) in [5.74, 6) is 2.25. The molecule has 1 aliphatic rings. The van der Waals surface area contributed by atoms with Gasteiger partial charge in [-0.1, -0.05) is 24.6 Å². The Kier molecular flexibility index (Phi) is 5.78. The van der Waals surface area contributed by atoms with Crippen LogP contribution in [-0.2, 0) is 27.1 Å². The van der Waals surface area contributed by atoms with Crippen LogP contribution < -0.4 is 9.80 Å². The second-order valence-corrected chi connectivity index (χ2v) is 8.74. The van der Waals surface area contributed by atoms with Gasteiger partial charge in [-0.2, -0.15) is 5.10 Å². The highest BCUT2D eigenvalue weighted by molar-refractivity contribution is 6.33. The molecule has 2 aromatic heterocycles. The van der Waals surface area contributed by atoms with Crippen molar-refractivity contribution in [1.82, 2.24) is 19.3 Å². The lowest BCUT2D eigenvalue weighted by Gasteiger charge is -2.31. The van der Waals surface area contributed by atoms with E-state index in [4.69, 9.17) is 16.7 Å². The Morgan fingerprint density at radius 3 is 2.67 bits per heavy atom. The van der Waals surface area contributed by atoms with Crippen LogP contribution in [0.15, 0.2) is 24.7 Å². The number of aromatic nitrogens is 4. The van der Waals surface area contributed by atoms with E-state index in [-0.39, 0.29) is 0 Å². The van der Waals surface area contributed by atoms with Crippen molar-refractivity contribution in [2.45, 2.75) is 46.6 Å². The van der Waals surface area contributed by atoms with Crippen molar-refractivity contribution in [3.8, 4) is 0 Å². The van der Waals surface area contributed by atoms with Gasteiger partial charge in [0.2, 0.25) is 0 Å². The van der Waals surface area contributed by atoms with Gasteiger partial charge in [-0.25, -0.2) is 4.98 Å². The zero-order valence-electron chi connectivity index (χ0n) is 18.6. The monoisotopic (exact) mass is 426 g/mol. The summed E-state index contributed by atoms with van der Waals surface area (Å²) in [4.78, 5) is 9.05. The van der Waals surface area contributed by atoms with Crippen LogP contribution in [0.1, 0.15) is 42.1 Å². The highest BCUT2D eigenvalue weighted by Gasteiger charge is 2.30. The van der Waals surface area contributed by atoms with E-state index < -0.39 is 0 Å². The second kappa shape index (κ2) is 8.34. The van der Waals surface area contributed by atoms with Crippen LogP contribution >= 0.6 is 11.6 Å². The fraction of sp³-hybridized carbons (Fsp3) is 0.478. The van der Waals surface area contributed by atoms with E-state index in [1.54, 1.807) is 0 Å². The summed E-state index contributed by atoms with van der Waals surface area (Å²) in [6.07, 6.45) is 7.00. The maximum absolute atomic E-state index is 6.71. The first-order chi connectivity index (χ1) is 14.4. The summed E-state index contributed by atoms with van der Waals surface area (Å²) in [5.41, 5.74) is 5.98. The zero-order chi connectivity index (χ0) is 21.4. The number of anilines is 3. The Balaban J connectivity index is 1.77. The van der Waals surface area contributed by atoms with Gasteiger partial charge in [-0.3, -0.25) is 4.68 Å². The highest BCUT2D eigenvalue weighted by atomic mass is 35.5. The summed E-state index contributed by atoms with van der Waals surface area (Å²) >= 11 is 6.71. The summed E-state index contributed by atoms with van der Waals surface area (Å²) in [6.45, 7) is 9.17. The van der Waals surface area contributed by atoms with Crippen molar-refractivity contribution in [3.63, 3.8) is 0 Å². The molecule has 0 unspecified atom stereocenters. The average molecular weight is 427 g/mol. The predicted octanol–water partition coefficient (Wildman–Crippen LogP) is 4.92. The zero-order valence-corrected chi connectivity index (χ0v) is 19.4. The Morgan fingerprint density at radius 1 is 1.20 bits per heavy atom. The highest BCUT2D eigenvalue weighted by Crippen LogP contribution is 2.42. The molecule has 3 aromatic rings. The molecular formula is C23H31ClN6. The van der Waals surface area contributed by atoms with Crippen LogP contribution in [0.2, 0.25) is 5.02 Å². The summed E-state index contributed by atoms with van der Waals surface area (Å²) in [7, 11) is 4.11. The van der Waals surface area contributed by atoms with Gasteiger partial charge in [0.25, 0.3) is 0 Å². The van der Waals surface area contributed by atoms with Gasteiger partial charge in [-0.05, 0) is 50.3 Å². The first kappa shape index (κ1) is 20.8. The molecule has 160 valence electrons. The van der Waals surface area contributed by atoms with Crippen molar-refractivity contribution >= 4 is 28.9 Å². The Morgan fingerprint density at radius 2 is 2.00 bits per heavy atom. The third-order valence-corrected chi connectivity index (χ3v) is 6.17. The van der Waals surface area contributed by atoms with E-state index in [2.05, 4.69) is 60.3 Å². The molecule has 0 bridgehead atoms. The molecule has 0 saturated carbocycles. The van der Waals surface area contributed by atoms with Crippen molar-refractivity contribution in [2.75, 3.05) is 22.9 Å². The van der Waals surface area contributed by atoms with Crippen LogP contribution in [0.3, 0.4) is 0 Å². The van der Waals surface area contributed by atoms with Gasteiger partial charge >= 0.3 is 0 Å². The third kappa shape index (κ3) is 3.69. The Bertz CT molecular complexity index is 1030. The van der Waals surface area contributed by atoms with Crippen molar-refractivity contribution < 1.29 is 0 Å². The summed E-state index contributed by atoms with van der Waals surface area (Å²) in [5, 5.41) is 5.79. The molecule has 3 heterocycles. The summed E-state index contributed by atoms with van der Waals surface area (Å²) in [6, 6.07) is 4.25. The van der Waals surface area contributed by atoms with E-state index in [9.17, 15) is 0 Å². The minimum atomic E-state index is 0.799. The van der Waals surface area contributed by atoms with Crippen LogP contribution in [-0.4, -0.2) is 32.4 Å². The van der Waals surface area contributed by atoms with E-state index in [0.29, 0.717) is 0 Å². The Labute approximate surface area is 184 Å². The van der Waals surface area contributed by atoms with Gasteiger partial charge in [0, 0.05) is 38.9 Å². The van der Waals surface area contributed by atoms with E-state index in [1.165, 1.54) is 28.2 Å². The lowest BCUT2D eigenvalue weighted by atomic mass is 10.0. The lowest BCUT2D eigenvalue weighted by Crippen LogP contribution is -2.29. The average Bonchev–Trinajstić information content (AvgIpc) is 3.23. The molecule has 1 aromatic carbocycles. The molecular weight excluding hydrogens is 396 g/mol. The van der Waals surface area contributed by atoms with Crippen LogP contribution in [0, 0.1) is 13.8 Å². The molecule has 0 spiro atoms. The van der Waals surface area contributed by atoms with Crippen LogP contribution in [0.25, 0.3) is 0 Å². The number of hydrogen-bond acceptors (Lipinski definition) is 4. The first-order valence-electron chi connectivity index (χ1n) is 10.7. The molecule has 0 N–H and O–H groups in total. The number of aryl methyl sites for hydroxylation is 4. The molecule has 0 saturated heterocycles. The van der Waals surface area contributed by atoms with Crippen molar-refractivity contribution in [3.05, 3.63) is 52.1 Å². The smallest absolute Gasteiger partial charge is 0.160 e. The topological polar surface area (TPSA) is 42.1 Å². The number of hydrogen-bond donors (Lipinski definition) is 0. The van der Waals surface area contributed by atoms with E-state index in [1.807, 2.05) is 23.3 Å². The van der Waals surface area contributed by atoms with Crippen molar-refractivity contribution in [1.29, 1.82) is 0 Å². The molecule has 0 radical (unpaired) electrons. The van der Waals surface area contributed by atoms with E-state index >= 15 is 0 Å². The maximum Gasteiger partial charge on any atom is 0.160 e. The normalized spacial score (nSPS) is 13.6. The quantitative estimate of drug-likeness (QED) is 0.560. The Hall–Kier alpha value is -2.47. The van der Waals surface area contributed by atoms with Gasteiger partial charge < -0.3 is 14.4 Å². The molecule has 0 amide bonds. The number of rotatable bonds is 6. The SMILES string of the molecule is CCCN(Cc1cncn1C)c1c2c(nn1C)N(c1c(C)cc(C)cc1Cl)CCC2. The molecule has 7 heteroatoms.